The van der Waals surface area contributed by atoms with Crippen molar-refractivity contribution in [3.63, 3.8) is 0 Å². The number of hydrogen-bond acceptors (Lipinski definition) is 4. The van der Waals surface area contributed by atoms with Gasteiger partial charge < -0.3 is 4.98 Å². The number of H-pyrrole nitrogens is 1. The number of nitrogens with one attached hydrogen (secondary N) is 1. The lowest BCUT2D eigenvalue weighted by molar-refractivity contribution is -0.384. The summed E-state index contributed by atoms with van der Waals surface area (Å²) in [7, 11) is 0. The molecule has 0 saturated carbocycles. The van der Waals surface area contributed by atoms with Crippen molar-refractivity contribution in [3.8, 4) is 22.4 Å². The van der Waals surface area contributed by atoms with Crippen molar-refractivity contribution in [2.24, 2.45) is 0 Å². The number of nitro groups is 1. The number of pyridine rings is 1. The molecule has 7 heteroatoms. The van der Waals surface area contributed by atoms with E-state index in [-0.39, 0.29) is 5.69 Å². The second kappa shape index (κ2) is 5.86. The van der Waals surface area contributed by atoms with Crippen LogP contribution in [0.5, 0.6) is 0 Å². The van der Waals surface area contributed by atoms with Crippen LogP contribution in [0.2, 0.25) is 0 Å². The van der Waals surface area contributed by atoms with Gasteiger partial charge in [-0.25, -0.2) is 4.98 Å². The van der Waals surface area contributed by atoms with Crippen molar-refractivity contribution in [1.82, 2.24) is 19.7 Å². The number of fused-ring (bicyclic) bond motifs is 1. The van der Waals surface area contributed by atoms with E-state index in [4.69, 9.17) is 0 Å². The van der Waals surface area contributed by atoms with Gasteiger partial charge in [-0.2, -0.15) is 5.10 Å². The Bertz CT molecular complexity index is 1060. The molecule has 0 bridgehead atoms. The first-order valence-electron chi connectivity index (χ1n) is 7.92. The van der Waals surface area contributed by atoms with Gasteiger partial charge in [-0.1, -0.05) is 0 Å². The molecular weight excluding hydrogens is 318 g/mol. The van der Waals surface area contributed by atoms with E-state index in [1.54, 1.807) is 18.3 Å². The smallest absolute Gasteiger partial charge is 0.269 e. The molecule has 0 aliphatic rings. The molecule has 0 aliphatic heterocycles. The van der Waals surface area contributed by atoms with Gasteiger partial charge >= 0.3 is 0 Å². The van der Waals surface area contributed by atoms with Gasteiger partial charge in [-0.15, -0.1) is 0 Å². The number of hydrogen-bond donors (Lipinski definition) is 1. The molecule has 0 radical (unpaired) electrons. The molecule has 0 atom stereocenters. The first-order chi connectivity index (χ1) is 12.2. The zero-order valence-corrected chi connectivity index (χ0v) is 13.5. The van der Waals surface area contributed by atoms with Gasteiger partial charge in [0, 0.05) is 53.8 Å². The zero-order chi connectivity index (χ0) is 17.4. The second-order valence-electron chi connectivity index (χ2n) is 5.65. The highest BCUT2D eigenvalue weighted by molar-refractivity contribution is 5.96. The summed E-state index contributed by atoms with van der Waals surface area (Å²) >= 11 is 0. The van der Waals surface area contributed by atoms with Crippen LogP contribution < -0.4 is 0 Å². The standard InChI is InChI=1S/C18H15N5O2/c1-2-22-11-16(14-7-9-19-18-15(14)8-10-20-18)17(21-22)12-3-5-13(6-4-12)23(24)25/h3-11H,2H2,1H3,(H,19,20). The summed E-state index contributed by atoms with van der Waals surface area (Å²) in [5, 5.41) is 16.6. The Hall–Kier alpha value is -3.48. The summed E-state index contributed by atoms with van der Waals surface area (Å²) in [5.41, 5.74) is 4.52. The van der Waals surface area contributed by atoms with Crippen LogP contribution in [0, 0.1) is 10.1 Å². The summed E-state index contributed by atoms with van der Waals surface area (Å²) in [5.74, 6) is 0. The second-order valence-corrected chi connectivity index (χ2v) is 5.65. The molecule has 0 fully saturated rings. The van der Waals surface area contributed by atoms with Crippen molar-refractivity contribution in [2.45, 2.75) is 13.5 Å². The first kappa shape index (κ1) is 15.1. The maximum atomic E-state index is 10.9. The molecule has 124 valence electrons. The largest absolute Gasteiger partial charge is 0.346 e. The van der Waals surface area contributed by atoms with Crippen molar-refractivity contribution in [1.29, 1.82) is 0 Å². The summed E-state index contributed by atoms with van der Waals surface area (Å²) in [6.45, 7) is 2.76. The van der Waals surface area contributed by atoms with E-state index < -0.39 is 4.92 Å². The van der Waals surface area contributed by atoms with Crippen molar-refractivity contribution in [2.75, 3.05) is 0 Å². The van der Waals surface area contributed by atoms with E-state index in [9.17, 15) is 10.1 Å². The maximum absolute atomic E-state index is 10.9. The van der Waals surface area contributed by atoms with Crippen molar-refractivity contribution < 1.29 is 4.92 Å². The minimum atomic E-state index is -0.401. The minimum absolute atomic E-state index is 0.0668. The molecule has 0 amide bonds. The van der Waals surface area contributed by atoms with Crippen molar-refractivity contribution in [3.05, 3.63) is 65.1 Å². The van der Waals surface area contributed by atoms with Crippen LogP contribution in [0.15, 0.2) is 55.0 Å². The van der Waals surface area contributed by atoms with E-state index in [2.05, 4.69) is 15.1 Å². The molecule has 25 heavy (non-hydrogen) atoms. The van der Waals surface area contributed by atoms with Gasteiger partial charge in [-0.3, -0.25) is 14.8 Å². The minimum Gasteiger partial charge on any atom is -0.346 e. The Labute approximate surface area is 143 Å². The lowest BCUT2D eigenvalue weighted by Gasteiger charge is -2.04. The molecule has 0 saturated heterocycles. The lowest BCUT2D eigenvalue weighted by Crippen LogP contribution is -1.94. The number of aromatic nitrogens is 4. The number of non-ortho nitro benzene ring substituents is 1. The Morgan fingerprint density at radius 2 is 1.96 bits per heavy atom. The fraction of sp³-hybridized carbons (Fsp3) is 0.111. The number of aryl methyl sites for hydroxylation is 1. The van der Waals surface area contributed by atoms with E-state index in [1.165, 1.54) is 12.1 Å². The predicted octanol–water partition coefficient (Wildman–Crippen LogP) is 4.02. The average Bonchev–Trinajstić information content (AvgIpc) is 3.28. The molecule has 0 aliphatic carbocycles. The van der Waals surface area contributed by atoms with Crippen LogP contribution in [-0.2, 0) is 6.54 Å². The zero-order valence-electron chi connectivity index (χ0n) is 13.5. The topological polar surface area (TPSA) is 89.6 Å². The monoisotopic (exact) mass is 333 g/mol. The lowest BCUT2D eigenvalue weighted by atomic mass is 10.0. The first-order valence-corrected chi connectivity index (χ1v) is 7.92. The van der Waals surface area contributed by atoms with Crippen LogP contribution >= 0.6 is 0 Å². The van der Waals surface area contributed by atoms with Crippen LogP contribution in [0.3, 0.4) is 0 Å². The number of aromatic amines is 1. The molecule has 0 unspecified atom stereocenters. The van der Waals surface area contributed by atoms with Crippen LogP contribution in [0.1, 0.15) is 6.92 Å². The number of nitrogens with zero attached hydrogens (tertiary/aromatic N) is 4. The van der Waals surface area contributed by atoms with Crippen LogP contribution in [-0.4, -0.2) is 24.7 Å². The number of rotatable bonds is 4. The van der Waals surface area contributed by atoms with Gasteiger partial charge in [0.2, 0.25) is 0 Å². The number of nitro benzene ring substituents is 1. The molecule has 4 rings (SSSR count). The normalized spacial score (nSPS) is 11.1. The Kier molecular flexibility index (Phi) is 3.53. The molecule has 0 spiro atoms. The highest BCUT2D eigenvalue weighted by atomic mass is 16.6. The Morgan fingerprint density at radius 1 is 1.16 bits per heavy atom. The number of benzene rings is 1. The third-order valence-electron chi connectivity index (χ3n) is 4.19. The summed E-state index contributed by atoms with van der Waals surface area (Å²) in [4.78, 5) is 17.9. The molecule has 1 aromatic carbocycles. The fourth-order valence-electron chi connectivity index (χ4n) is 2.93. The third kappa shape index (κ3) is 2.55. The van der Waals surface area contributed by atoms with E-state index >= 15 is 0 Å². The highest BCUT2D eigenvalue weighted by Crippen LogP contribution is 2.35. The van der Waals surface area contributed by atoms with Gasteiger partial charge in [0.05, 0.1) is 4.92 Å². The maximum Gasteiger partial charge on any atom is 0.269 e. The van der Waals surface area contributed by atoms with Crippen LogP contribution in [0.25, 0.3) is 33.4 Å². The quantitative estimate of drug-likeness (QED) is 0.451. The third-order valence-corrected chi connectivity index (χ3v) is 4.19. The van der Waals surface area contributed by atoms with Crippen molar-refractivity contribution >= 4 is 16.7 Å². The van der Waals surface area contributed by atoms with Gasteiger partial charge in [-0.05, 0) is 36.8 Å². The Balaban J connectivity index is 1.90. The average molecular weight is 333 g/mol. The molecule has 3 heterocycles. The Morgan fingerprint density at radius 3 is 2.68 bits per heavy atom. The van der Waals surface area contributed by atoms with E-state index in [1.807, 2.05) is 36.1 Å². The SMILES string of the molecule is CCn1cc(-c2ccnc3[nH]ccc23)c(-c2ccc([N+](=O)[O-])cc2)n1. The highest BCUT2D eigenvalue weighted by Gasteiger charge is 2.16. The molecule has 7 nitrogen and oxygen atoms in total. The van der Waals surface area contributed by atoms with E-state index in [0.717, 1.165) is 40.0 Å². The predicted molar refractivity (Wildman–Crippen MR) is 95.1 cm³/mol. The van der Waals surface area contributed by atoms with Crippen LogP contribution in [0.4, 0.5) is 5.69 Å². The molecule has 1 N–H and O–H groups in total. The van der Waals surface area contributed by atoms with E-state index in [0.29, 0.717) is 0 Å². The van der Waals surface area contributed by atoms with Gasteiger partial charge in [0.25, 0.3) is 5.69 Å². The summed E-state index contributed by atoms with van der Waals surface area (Å²) in [6, 6.07) is 10.4. The molecule has 3 aromatic heterocycles. The van der Waals surface area contributed by atoms with Gasteiger partial charge in [0.1, 0.15) is 11.3 Å². The summed E-state index contributed by atoms with van der Waals surface area (Å²) < 4.78 is 1.87. The molecule has 4 aromatic rings. The van der Waals surface area contributed by atoms with Gasteiger partial charge in [0.15, 0.2) is 0 Å². The molecular formula is C18H15N5O2. The fourth-order valence-corrected chi connectivity index (χ4v) is 2.93. The summed E-state index contributed by atoms with van der Waals surface area (Å²) in [6.07, 6.45) is 5.62.